The van der Waals surface area contributed by atoms with Gasteiger partial charge in [-0.3, -0.25) is 29.0 Å². The first-order valence-corrected chi connectivity index (χ1v) is 23.2. The first-order chi connectivity index (χ1) is 28.7. The van der Waals surface area contributed by atoms with Crippen LogP contribution < -0.4 is 10.6 Å². The second kappa shape index (κ2) is 20.3. The molecule has 0 unspecified atom stereocenters. The lowest BCUT2D eigenvalue weighted by atomic mass is 9.97. The van der Waals surface area contributed by atoms with Crippen molar-refractivity contribution in [2.24, 2.45) is 14.1 Å². The van der Waals surface area contributed by atoms with Crippen LogP contribution in [0.3, 0.4) is 0 Å². The van der Waals surface area contributed by atoms with Crippen LogP contribution in [-0.2, 0) is 52.3 Å². The van der Waals surface area contributed by atoms with Crippen molar-refractivity contribution in [1.82, 2.24) is 60.8 Å². The number of carbonyl (C=O) groups excluding carboxylic acids is 4. The molecule has 4 atom stereocenters. The van der Waals surface area contributed by atoms with Gasteiger partial charge in [0.2, 0.25) is 22.1 Å². The van der Waals surface area contributed by atoms with Gasteiger partial charge in [0.05, 0.1) is 35.1 Å². The Morgan fingerprint density at radius 2 is 1.45 bits per heavy atom. The number of tetrazole rings is 2. The highest BCUT2D eigenvalue weighted by atomic mass is 32.2. The van der Waals surface area contributed by atoms with E-state index in [0.717, 1.165) is 82.6 Å². The van der Waals surface area contributed by atoms with Crippen LogP contribution in [0.1, 0.15) is 0 Å². The van der Waals surface area contributed by atoms with Crippen molar-refractivity contribution >= 4 is 106 Å². The number of ether oxygens (including phenoxy) is 2. The number of aliphatic carboxylic acids is 2. The second-order valence-corrected chi connectivity index (χ2v) is 18.2. The summed E-state index contributed by atoms with van der Waals surface area (Å²) in [6.45, 7) is 0. The van der Waals surface area contributed by atoms with Gasteiger partial charge in [0.25, 0.3) is 23.3 Å². The normalized spacial score (nSPS) is 21.0. The lowest BCUT2D eigenvalue weighted by Gasteiger charge is -2.57. The minimum Gasteiger partial charge on any atom is -0.478 e. The lowest BCUT2D eigenvalue weighted by molar-refractivity contribution is -0.192. The minimum atomic E-state index is -2.80. The van der Waals surface area contributed by atoms with Gasteiger partial charge in [0.15, 0.2) is 0 Å². The maximum Gasteiger partial charge on any atom is 0.360 e. The number of nitrogens with zero attached hydrogens (tertiary/aromatic N) is 12. The van der Waals surface area contributed by atoms with Crippen LogP contribution in [0.25, 0.3) is 0 Å². The van der Waals surface area contributed by atoms with E-state index in [4.69, 9.17) is 20.0 Å². The largest absolute Gasteiger partial charge is 0.478 e. The summed E-state index contributed by atoms with van der Waals surface area (Å²) in [7, 11) is 5.29. The number of carboxylic acids is 2. The molecule has 0 aliphatic carbocycles. The van der Waals surface area contributed by atoms with E-state index in [0.29, 0.717) is 15.2 Å². The molecule has 0 radical (unpaired) electrons. The lowest BCUT2D eigenvalue weighted by Crippen LogP contribution is -2.81. The van der Waals surface area contributed by atoms with Gasteiger partial charge in [0.1, 0.15) is 22.1 Å². The third-order valence-electron chi connectivity index (χ3n) is 8.63. The van der Waals surface area contributed by atoms with Crippen LogP contribution in [-0.4, -0.2) is 178 Å². The first-order valence-electron chi connectivity index (χ1n) is 16.8. The van der Waals surface area contributed by atoms with Crippen LogP contribution in [0.2, 0.25) is 0 Å². The topological polar surface area (TPSA) is 327 Å². The zero-order valence-corrected chi connectivity index (χ0v) is 36.7. The van der Waals surface area contributed by atoms with Crippen LogP contribution >= 0.6 is 70.6 Å². The van der Waals surface area contributed by atoms with Gasteiger partial charge >= 0.3 is 11.9 Å². The predicted octanol–water partition coefficient (Wildman–Crippen LogP) is -1.46. The zero-order valence-electron chi connectivity index (χ0n) is 31.8. The Bertz CT molecular complexity index is 2190. The molecule has 5 heterocycles. The second-order valence-electron chi connectivity index (χ2n) is 12.2. The molecule has 5 rings (SSSR count). The highest BCUT2D eigenvalue weighted by Crippen LogP contribution is 2.49. The summed E-state index contributed by atoms with van der Waals surface area (Å²) < 4.78 is 13.9. The SMILES string of the molecule is CO[C@@](NC(=O)CSCC#N)(C(=O)O)[C@H]1SCC(CSc2nnnn2C)=C(C(=O)O)N1C(=O)C1=C(CSc2nnnn2C)CS[C@H]2N1C(=O)[C@]2(NC(=O)CSCC#N)OC. The molecule has 60 heavy (non-hydrogen) atoms. The van der Waals surface area contributed by atoms with Gasteiger partial charge in [0, 0.05) is 51.3 Å². The Labute approximate surface area is 365 Å². The standard InChI is InChI=1S/C30H34N14O10S6/c1-41-27(35-37-39-41)59-11-15-9-57-24-29(53-3,33-17(45)13-55-7-5-31)23(50)44(24)19(15)21(47)43-20(22(48)49)16(12-60-28-36-38-40-42(28)2)10-58-25(43)30(54-4,26(51)52)34-18(46)14-56-8-6-32/h24-25H,7-14H2,1-4H3,(H,33,45)(H,34,46)(H,48,49)(H,51,52)/t24-,25-,29+,30-/m1/s1. The molecule has 2 aromatic rings. The van der Waals surface area contributed by atoms with E-state index < -0.39 is 69.2 Å². The van der Waals surface area contributed by atoms with Crippen molar-refractivity contribution in [2.45, 2.75) is 32.5 Å². The number of hydrogen-bond acceptors (Lipinski definition) is 22. The molecule has 0 bridgehead atoms. The summed E-state index contributed by atoms with van der Waals surface area (Å²) >= 11 is 5.92. The van der Waals surface area contributed by atoms with Gasteiger partial charge in [-0.15, -0.1) is 57.2 Å². The van der Waals surface area contributed by atoms with Gasteiger partial charge in [-0.25, -0.2) is 19.0 Å². The fourth-order valence-corrected chi connectivity index (χ4v) is 11.7. The van der Waals surface area contributed by atoms with E-state index in [9.17, 15) is 34.2 Å². The highest BCUT2D eigenvalue weighted by Gasteiger charge is 2.67. The first kappa shape index (κ1) is 46.5. The number of methoxy groups -OCH3 is 2. The maximum atomic E-state index is 15.6. The van der Waals surface area contributed by atoms with E-state index in [-0.39, 0.29) is 57.1 Å². The third-order valence-corrected chi connectivity index (χ3v) is 15.2. The van der Waals surface area contributed by atoms with E-state index in [1.807, 2.05) is 12.1 Å². The number of carbonyl (C=O) groups is 6. The fourth-order valence-electron chi connectivity index (χ4n) is 5.97. The quantitative estimate of drug-likeness (QED) is 0.0510. The molecule has 320 valence electrons. The number of aryl methyl sites for hydroxylation is 2. The molecule has 1 saturated heterocycles. The summed E-state index contributed by atoms with van der Waals surface area (Å²) in [6.07, 6.45) is 0. The van der Waals surface area contributed by atoms with Crippen molar-refractivity contribution in [3.05, 3.63) is 22.5 Å². The number of carboxylic acid groups (broad SMARTS) is 2. The Kier molecular flexibility index (Phi) is 15.8. The molecule has 4 amide bonds. The van der Waals surface area contributed by atoms with Crippen LogP contribution in [0.15, 0.2) is 32.9 Å². The van der Waals surface area contributed by atoms with Crippen molar-refractivity contribution < 1.29 is 48.5 Å². The molecule has 1 fully saturated rings. The minimum absolute atomic E-state index is 0.00199. The van der Waals surface area contributed by atoms with Crippen LogP contribution in [0.4, 0.5) is 0 Å². The summed E-state index contributed by atoms with van der Waals surface area (Å²) in [5.74, 6) is -8.06. The van der Waals surface area contributed by atoms with Gasteiger partial charge in [-0.1, -0.05) is 23.5 Å². The van der Waals surface area contributed by atoms with Gasteiger partial charge in [-0.05, 0) is 32.0 Å². The molecule has 24 nitrogen and oxygen atoms in total. The number of thioether (sulfide) groups is 6. The van der Waals surface area contributed by atoms with E-state index in [1.165, 1.54) is 16.5 Å². The maximum absolute atomic E-state index is 15.6. The van der Waals surface area contributed by atoms with E-state index in [1.54, 1.807) is 14.1 Å². The average molecular weight is 943 g/mol. The molecule has 30 heteroatoms. The number of hydrogen-bond donors (Lipinski definition) is 4. The van der Waals surface area contributed by atoms with Gasteiger partial charge in [-0.2, -0.15) is 10.5 Å². The Hall–Kier alpha value is -4.56. The Balaban J connectivity index is 1.67. The third kappa shape index (κ3) is 9.34. The molecule has 4 N–H and O–H groups in total. The average Bonchev–Trinajstić information content (AvgIpc) is 3.85. The van der Waals surface area contributed by atoms with Crippen molar-refractivity contribution in [2.75, 3.05) is 60.2 Å². The number of aromatic nitrogens is 8. The van der Waals surface area contributed by atoms with Crippen molar-refractivity contribution in [3.8, 4) is 12.1 Å². The van der Waals surface area contributed by atoms with Gasteiger partial charge < -0.3 is 30.3 Å². The van der Waals surface area contributed by atoms with E-state index >= 15 is 4.79 Å². The molecule has 0 saturated carbocycles. The monoisotopic (exact) mass is 942 g/mol. The molecular formula is C30H34N14O10S6. The predicted molar refractivity (Wildman–Crippen MR) is 216 cm³/mol. The zero-order chi connectivity index (χ0) is 43.8. The number of fused-ring (bicyclic) bond motifs is 1. The summed E-state index contributed by atoms with van der Waals surface area (Å²) in [4.78, 5) is 84.8. The summed E-state index contributed by atoms with van der Waals surface area (Å²) in [5, 5.41) is 65.0. The Morgan fingerprint density at radius 3 is 1.93 bits per heavy atom. The highest BCUT2D eigenvalue weighted by molar-refractivity contribution is 8.01. The van der Waals surface area contributed by atoms with Crippen LogP contribution in [0.5, 0.6) is 0 Å². The number of rotatable bonds is 20. The molecule has 0 spiro atoms. The van der Waals surface area contributed by atoms with Crippen LogP contribution in [0, 0.1) is 22.7 Å². The Morgan fingerprint density at radius 1 is 0.900 bits per heavy atom. The summed E-state index contributed by atoms with van der Waals surface area (Å²) in [6, 6.07) is 3.77. The number of β-lactam (4-membered cyclic amide) rings is 1. The molecule has 3 aliphatic rings. The summed E-state index contributed by atoms with van der Waals surface area (Å²) in [5.41, 5.74) is -5.41. The molecular weight excluding hydrogens is 909 g/mol. The molecule has 0 aromatic carbocycles. The van der Waals surface area contributed by atoms with Crippen molar-refractivity contribution in [1.29, 1.82) is 10.5 Å². The molecule has 3 aliphatic heterocycles. The number of nitriles is 2. The number of amides is 4. The smallest absolute Gasteiger partial charge is 0.360 e. The van der Waals surface area contributed by atoms with E-state index in [2.05, 4.69) is 41.7 Å². The van der Waals surface area contributed by atoms with Crippen molar-refractivity contribution in [3.63, 3.8) is 0 Å². The fraction of sp³-hybridized carbons (Fsp3) is 0.533. The number of nitrogens with one attached hydrogen (secondary N) is 2. The molecule has 2 aromatic heterocycles.